The summed E-state index contributed by atoms with van der Waals surface area (Å²) >= 11 is 1.72. The molecule has 1 aromatic carbocycles. The van der Waals surface area contributed by atoms with E-state index in [0.29, 0.717) is 0 Å². The second-order valence-corrected chi connectivity index (χ2v) is 3.82. The Bertz CT molecular complexity index is 275. The molecule has 0 bridgehead atoms. The number of nitrogens with one attached hydrogen (secondary N) is 1. The summed E-state index contributed by atoms with van der Waals surface area (Å²) in [5, 5.41) is 0. The van der Waals surface area contributed by atoms with Gasteiger partial charge in [-0.2, -0.15) is 0 Å². The molecule has 0 saturated carbocycles. The molecule has 0 saturated heterocycles. The number of hydrogen-bond acceptors (Lipinski definition) is 3. The highest BCUT2D eigenvalue weighted by molar-refractivity contribution is 7.97. The van der Waals surface area contributed by atoms with Crippen molar-refractivity contribution in [2.75, 3.05) is 25.0 Å². The van der Waals surface area contributed by atoms with Crippen LogP contribution in [0.4, 0.5) is 5.69 Å². The molecule has 0 spiro atoms. The van der Waals surface area contributed by atoms with E-state index in [-0.39, 0.29) is 0 Å². The summed E-state index contributed by atoms with van der Waals surface area (Å²) in [6, 6.07) is 8.47. The molecule has 1 heterocycles. The number of rotatable bonds is 0. The number of likely N-dealkylation sites (N-methyl/N-ethyl adjacent to an activating group) is 1. The average molecular weight is 180 g/mol. The maximum atomic E-state index is 3.31. The van der Waals surface area contributed by atoms with E-state index in [1.54, 1.807) is 11.9 Å². The first kappa shape index (κ1) is 7.95. The molecule has 0 fully saturated rings. The van der Waals surface area contributed by atoms with E-state index in [2.05, 4.69) is 40.9 Å². The predicted octanol–water partition coefficient (Wildman–Crippen LogP) is 1.73. The molecular weight excluding hydrogens is 168 g/mol. The van der Waals surface area contributed by atoms with Gasteiger partial charge in [0.25, 0.3) is 0 Å². The second-order valence-electron chi connectivity index (χ2n) is 2.89. The van der Waals surface area contributed by atoms with Crippen LogP contribution in [0, 0.1) is 0 Å². The van der Waals surface area contributed by atoms with E-state index in [9.17, 15) is 0 Å². The Morgan fingerprint density at radius 2 is 2.25 bits per heavy atom. The predicted molar refractivity (Wildman–Crippen MR) is 53.6 cm³/mol. The lowest BCUT2D eigenvalue weighted by Gasteiger charge is -2.17. The van der Waals surface area contributed by atoms with E-state index >= 15 is 0 Å². The minimum absolute atomic E-state index is 1.04. The molecule has 1 aliphatic heterocycles. The maximum Gasteiger partial charge on any atom is 0.0515 e. The van der Waals surface area contributed by atoms with Gasteiger partial charge in [-0.15, -0.1) is 0 Å². The minimum atomic E-state index is 1.04. The normalized spacial score (nSPS) is 16.9. The molecule has 2 rings (SSSR count). The Morgan fingerprint density at radius 1 is 1.42 bits per heavy atom. The minimum Gasteiger partial charge on any atom is -0.372 e. The van der Waals surface area contributed by atoms with Crippen LogP contribution < -0.4 is 9.62 Å². The van der Waals surface area contributed by atoms with Crippen LogP contribution in [0.25, 0.3) is 0 Å². The molecule has 0 radical (unpaired) electrons. The summed E-state index contributed by atoms with van der Waals surface area (Å²) in [5.74, 6) is 0. The number of anilines is 1. The van der Waals surface area contributed by atoms with Gasteiger partial charge in [-0.3, -0.25) is 4.72 Å². The van der Waals surface area contributed by atoms with Crippen LogP contribution in [-0.2, 0) is 0 Å². The zero-order chi connectivity index (χ0) is 8.39. The van der Waals surface area contributed by atoms with Gasteiger partial charge in [0, 0.05) is 25.0 Å². The van der Waals surface area contributed by atoms with Gasteiger partial charge in [0.2, 0.25) is 0 Å². The Morgan fingerprint density at radius 3 is 3.17 bits per heavy atom. The van der Waals surface area contributed by atoms with Gasteiger partial charge in [-0.05, 0) is 24.1 Å². The first-order chi connectivity index (χ1) is 5.88. The summed E-state index contributed by atoms with van der Waals surface area (Å²) < 4.78 is 3.31. The molecule has 1 aromatic rings. The molecule has 0 atom stereocenters. The highest BCUT2D eigenvalue weighted by Crippen LogP contribution is 2.28. The fourth-order valence-corrected chi connectivity index (χ4v) is 2.15. The third-order valence-corrected chi connectivity index (χ3v) is 2.92. The quantitative estimate of drug-likeness (QED) is 0.612. The number of para-hydroxylation sites is 1. The number of benzene rings is 1. The lowest BCUT2D eigenvalue weighted by Crippen LogP contribution is -2.23. The second kappa shape index (κ2) is 3.37. The summed E-state index contributed by atoms with van der Waals surface area (Å²) in [7, 11) is 2.13. The molecule has 2 nitrogen and oxygen atoms in total. The monoisotopic (exact) mass is 180 g/mol. The number of hydrogen-bond donors (Lipinski definition) is 1. The Balaban J connectivity index is 2.39. The van der Waals surface area contributed by atoms with Crippen LogP contribution in [0.15, 0.2) is 29.2 Å². The van der Waals surface area contributed by atoms with Crippen molar-refractivity contribution < 1.29 is 0 Å². The lowest BCUT2D eigenvalue weighted by atomic mass is 10.3. The smallest absolute Gasteiger partial charge is 0.0515 e. The maximum absolute atomic E-state index is 3.31. The van der Waals surface area contributed by atoms with E-state index < -0.39 is 0 Å². The number of fused-ring (bicyclic) bond motifs is 1. The topological polar surface area (TPSA) is 15.3 Å². The molecule has 64 valence electrons. The van der Waals surface area contributed by atoms with Crippen molar-refractivity contribution >= 4 is 17.6 Å². The van der Waals surface area contributed by atoms with Crippen molar-refractivity contribution in [3.63, 3.8) is 0 Å². The zero-order valence-corrected chi connectivity index (χ0v) is 7.90. The third kappa shape index (κ3) is 1.42. The molecule has 3 heteroatoms. The van der Waals surface area contributed by atoms with Gasteiger partial charge in [0.1, 0.15) is 0 Å². The zero-order valence-electron chi connectivity index (χ0n) is 7.08. The Hall–Kier alpha value is -0.670. The molecule has 12 heavy (non-hydrogen) atoms. The highest BCUT2D eigenvalue weighted by atomic mass is 32.2. The lowest BCUT2D eigenvalue weighted by molar-refractivity contribution is 0.857. The summed E-state index contributed by atoms with van der Waals surface area (Å²) in [6.45, 7) is 2.11. The van der Waals surface area contributed by atoms with E-state index in [1.165, 1.54) is 10.6 Å². The van der Waals surface area contributed by atoms with Crippen LogP contribution in [0.5, 0.6) is 0 Å². The first-order valence-electron chi connectivity index (χ1n) is 4.08. The van der Waals surface area contributed by atoms with Gasteiger partial charge >= 0.3 is 0 Å². The van der Waals surface area contributed by atoms with E-state index in [1.807, 2.05) is 0 Å². The van der Waals surface area contributed by atoms with Crippen molar-refractivity contribution in [3.8, 4) is 0 Å². The fraction of sp³-hybridized carbons (Fsp3) is 0.333. The van der Waals surface area contributed by atoms with Gasteiger partial charge < -0.3 is 4.90 Å². The summed E-state index contributed by atoms with van der Waals surface area (Å²) in [4.78, 5) is 3.60. The van der Waals surface area contributed by atoms with E-state index in [0.717, 1.165) is 13.1 Å². The van der Waals surface area contributed by atoms with Crippen LogP contribution in [0.3, 0.4) is 0 Å². The SMILES string of the molecule is CN1CCNSc2ccccc21. The summed E-state index contributed by atoms with van der Waals surface area (Å²) in [6.07, 6.45) is 0. The third-order valence-electron chi connectivity index (χ3n) is 2.01. The average Bonchev–Trinajstić information content (AvgIpc) is 2.29. The molecule has 0 aromatic heterocycles. The van der Waals surface area contributed by atoms with Crippen molar-refractivity contribution in [1.29, 1.82) is 0 Å². The molecule has 0 unspecified atom stereocenters. The van der Waals surface area contributed by atoms with E-state index in [4.69, 9.17) is 0 Å². The van der Waals surface area contributed by atoms with Crippen molar-refractivity contribution in [2.45, 2.75) is 4.90 Å². The van der Waals surface area contributed by atoms with Crippen molar-refractivity contribution in [1.82, 2.24) is 4.72 Å². The van der Waals surface area contributed by atoms with Crippen LogP contribution in [-0.4, -0.2) is 20.1 Å². The Labute approximate surface area is 77.1 Å². The highest BCUT2D eigenvalue weighted by Gasteiger charge is 2.10. The van der Waals surface area contributed by atoms with Crippen molar-refractivity contribution in [2.24, 2.45) is 0 Å². The number of nitrogens with zero attached hydrogens (tertiary/aromatic N) is 1. The van der Waals surface area contributed by atoms with Crippen molar-refractivity contribution in [3.05, 3.63) is 24.3 Å². The molecule has 1 N–H and O–H groups in total. The van der Waals surface area contributed by atoms with Gasteiger partial charge in [0.15, 0.2) is 0 Å². The molecule has 1 aliphatic rings. The van der Waals surface area contributed by atoms with Gasteiger partial charge in [-0.25, -0.2) is 0 Å². The largest absolute Gasteiger partial charge is 0.372 e. The molecular formula is C9H12N2S. The fourth-order valence-electron chi connectivity index (χ4n) is 1.32. The van der Waals surface area contributed by atoms with Gasteiger partial charge in [-0.1, -0.05) is 12.1 Å². The van der Waals surface area contributed by atoms with Crippen LogP contribution in [0.1, 0.15) is 0 Å². The van der Waals surface area contributed by atoms with Crippen LogP contribution in [0.2, 0.25) is 0 Å². The molecule has 0 amide bonds. The Kier molecular flexibility index (Phi) is 2.23. The summed E-state index contributed by atoms with van der Waals surface area (Å²) in [5.41, 5.74) is 1.33. The van der Waals surface area contributed by atoms with Gasteiger partial charge in [0.05, 0.1) is 5.69 Å². The molecule has 0 aliphatic carbocycles. The van der Waals surface area contributed by atoms with Crippen LogP contribution >= 0.6 is 11.9 Å². The standard InChI is InChI=1S/C9H12N2S/c1-11-7-6-10-12-9-5-3-2-4-8(9)11/h2-5,10H,6-7H2,1H3. The first-order valence-corrected chi connectivity index (χ1v) is 4.89.